The van der Waals surface area contributed by atoms with Crippen LogP contribution < -0.4 is 15.4 Å². The Kier molecular flexibility index (Phi) is 7.91. The van der Waals surface area contributed by atoms with E-state index in [2.05, 4.69) is 10.6 Å². The first-order valence-electron chi connectivity index (χ1n) is 9.23. The molecule has 1 aliphatic rings. The minimum absolute atomic E-state index is 0.0340. The summed E-state index contributed by atoms with van der Waals surface area (Å²) in [6.45, 7) is 4.28. The summed E-state index contributed by atoms with van der Waals surface area (Å²) in [5, 5.41) is 5.23. The molecule has 2 rings (SSSR count). The number of nitrogens with zero attached hydrogens (tertiary/aromatic N) is 2. The molecule has 1 aromatic rings. The molecule has 0 atom stereocenters. The quantitative estimate of drug-likeness (QED) is 0.730. The predicted octanol–water partition coefficient (Wildman–Crippen LogP) is 0.618. The topological polar surface area (TPSA) is 91.0 Å². The Morgan fingerprint density at radius 1 is 1.00 bits per heavy atom. The third-order valence-electron chi connectivity index (χ3n) is 4.48. The highest BCUT2D eigenvalue weighted by molar-refractivity contribution is 5.84. The fourth-order valence-electron chi connectivity index (χ4n) is 2.89. The van der Waals surface area contributed by atoms with Crippen molar-refractivity contribution in [3.8, 4) is 5.75 Å². The third kappa shape index (κ3) is 6.47. The van der Waals surface area contributed by atoms with Gasteiger partial charge >= 0.3 is 6.03 Å². The number of piperazine rings is 1. The van der Waals surface area contributed by atoms with E-state index in [-0.39, 0.29) is 24.4 Å². The second-order valence-corrected chi connectivity index (χ2v) is 6.33. The molecule has 0 aliphatic carbocycles. The number of likely N-dealkylation sites (N-methyl/N-ethyl adjacent to an activating group) is 1. The molecule has 1 heterocycles. The van der Waals surface area contributed by atoms with Gasteiger partial charge in [-0.1, -0.05) is 12.1 Å². The highest BCUT2D eigenvalue weighted by Crippen LogP contribution is 2.13. The van der Waals surface area contributed by atoms with Crippen molar-refractivity contribution in [2.45, 2.75) is 19.8 Å². The Labute approximate surface area is 159 Å². The molecule has 0 saturated carbocycles. The summed E-state index contributed by atoms with van der Waals surface area (Å²) in [5.41, 5.74) is 1.09. The fourth-order valence-corrected chi connectivity index (χ4v) is 2.89. The maximum Gasteiger partial charge on any atom is 0.317 e. The van der Waals surface area contributed by atoms with Crippen molar-refractivity contribution in [2.24, 2.45) is 0 Å². The van der Waals surface area contributed by atoms with Crippen LogP contribution in [0.3, 0.4) is 0 Å². The van der Waals surface area contributed by atoms with Crippen molar-refractivity contribution in [1.29, 1.82) is 0 Å². The number of ether oxygens (including phenoxy) is 1. The SMILES string of the molecule is CCNC(=O)CNC(=O)N1CCN(C(=O)CCc2ccc(OC)cc2)CC1. The Morgan fingerprint density at radius 3 is 2.22 bits per heavy atom. The van der Waals surface area contributed by atoms with Gasteiger partial charge in [0.15, 0.2) is 0 Å². The van der Waals surface area contributed by atoms with Crippen LogP contribution in [0, 0.1) is 0 Å². The molecule has 0 radical (unpaired) electrons. The van der Waals surface area contributed by atoms with E-state index < -0.39 is 0 Å². The molecule has 1 fully saturated rings. The van der Waals surface area contributed by atoms with Crippen LogP contribution >= 0.6 is 0 Å². The predicted molar refractivity (Wildman–Crippen MR) is 102 cm³/mol. The second kappa shape index (κ2) is 10.4. The van der Waals surface area contributed by atoms with Gasteiger partial charge in [0, 0.05) is 39.1 Å². The molecular formula is C19H28N4O4. The second-order valence-electron chi connectivity index (χ2n) is 6.33. The summed E-state index contributed by atoms with van der Waals surface area (Å²) in [5.74, 6) is 0.679. The van der Waals surface area contributed by atoms with Gasteiger partial charge in [-0.15, -0.1) is 0 Å². The first kappa shape index (κ1) is 20.5. The summed E-state index contributed by atoms with van der Waals surface area (Å²) < 4.78 is 5.13. The van der Waals surface area contributed by atoms with Crippen molar-refractivity contribution in [3.05, 3.63) is 29.8 Å². The minimum Gasteiger partial charge on any atom is -0.497 e. The third-order valence-corrected chi connectivity index (χ3v) is 4.48. The molecule has 0 unspecified atom stereocenters. The van der Waals surface area contributed by atoms with Gasteiger partial charge in [-0.3, -0.25) is 9.59 Å². The number of benzene rings is 1. The number of methoxy groups -OCH3 is 1. The Balaban J connectivity index is 1.70. The molecule has 1 aromatic carbocycles. The van der Waals surface area contributed by atoms with Gasteiger partial charge < -0.3 is 25.2 Å². The monoisotopic (exact) mass is 376 g/mol. The molecule has 8 heteroatoms. The first-order valence-corrected chi connectivity index (χ1v) is 9.23. The van der Waals surface area contributed by atoms with Gasteiger partial charge in [0.05, 0.1) is 13.7 Å². The van der Waals surface area contributed by atoms with Crippen LogP contribution in [-0.2, 0) is 16.0 Å². The lowest BCUT2D eigenvalue weighted by Crippen LogP contribution is -2.54. The Hall–Kier alpha value is -2.77. The molecule has 0 bridgehead atoms. The van der Waals surface area contributed by atoms with E-state index in [0.717, 1.165) is 11.3 Å². The van der Waals surface area contributed by atoms with Crippen LogP contribution in [0.25, 0.3) is 0 Å². The number of hydrogen-bond donors (Lipinski definition) is 2. The van der Waals surface area contributed by atoms with E-state index in [1.54, 1.807) is 16.9 Å². The zero-order chi connectivity index (χ0) is 19.6. The van der Waals surface area contributed by atoms with Crippen molar-refractivity contribution in [2.75, 3.05) is 46.4 Å². The van der Waals surface area contributed by atoms with Gasteiger partial charge in [0.1, 0.15) is 5.75 Å². The number of carbonyl (C=O) groups excluding carboxylic acids is 3. The van der Waals surface area contributed by atoms with E-state index in [4.69, 9.17) is 4.74 Å². The highest BCUT2D eigenvalue weighted by Gasteiger charge is 2.24. The molecule has 0 aromatic heterocycles. The van der Waals surface area contributed by atoms with Crippen molar-refractivity contribution >= 4 is 17.8 Å². The normalized spacial score (nSPS) is 13.9. The van der Waals surface area contributed by atoms with Crippen LogP contribution in [0.1, 0.15) is 18.9 Å². The lowest BCUT2D eigenvalue weighted by molar-refractivity contribution is -0.132. The largest absolute Gasteiger partial charge is 0.497 e. The van der Waals surface area contributed by atoms with E-state index in [1.165, 1.54) is 0 Å². The van der Waals surface area contributed by atoms with Gasteiger partial charge in [-0.05, 0) is 31.0 Å². The van der Waals surface area contributed by atoms with Crippen LogP contribution in [0.2, 0.25) is 0 Å². The van der Waals surface area contributed by atoms with Crippen molar-refractivity contribution in [1.82, 2.24) is 20.4 Å². The van der Waals surface area contributed by atoms with E-state index in [9.17, 15) is 14.4 Å². The smallest absolute Gasteiger partial charge is 0.317 e. The van der Waals surface area contributed by atoms with Crippen LogP contribution in [-0.4, -0.2) is 74.0 Å². The molecule has 27 heavy (non-hydrogen) atoms. The molecular weight excluding hydrogens is 348 g/mol. The number of carbonyl (C=O) groups is 3. The van der Waals surface area contributed by atoms with Gasteiger partial charge in [0.2, 0.25) is 11.8 Å². The number of nitrogens with one attached hydrogen (secondary N) is 2. The number of urea groups is 1. The molecule has 2 N–H and O–H groups in total. The number of hydrogen-bond acceptors (Lipinski definition) is 4. The standard InChI is InChI=1S/C19H28N4O4/c1-3-20-17(24)14-21-19(26)23-12-10-22(11-13-23)18(25)9-6-15-4-7-16(27-2)8-5-15/h4-5,7-8H,3,6,9-14H2,1-2H3,(H,20,24)(H,21,26). The molecule has 1 aliphatic heterocycles. The minimum atomic E-state index is -0.272. The van der Waals surface area contributed by atoms with Crippen LogP contribution in [0.5, 0.6) is 5.75 Å². The number of rotatable bonds is 7. The molecule has 1 saturated heterocycles. The van der Waals surface area contributed by atoms with Crippen LogP contribution in [0.15, 0.2) is 24.3 Å². The average Bonchev–Trinajstić information content (AvgIpc) is 2.71. The summed E-state index contributed by atoms with van der Waals surface area (Å²) in [6, 6.07) is 7.42. The van der Waals surface area contributed by atoms with Gasteiger partial charge in [-0.25, -0.2) is 4.79 Å². The number of aryl methyl sites for hydroxylation is 1. The summed E-state index contributed by atoms with van der Waals surface area (Å²) in [7, 11) is 1.62. The fraction of sp³-hybridized carbons (Fsp3) is 0.526. The summed E-state index contributed by atoms with van der Waals surface area (Å²) in [6.07, 6.45) is 1.12. The zero-order valence-corrected chi connectivity index (χ0v) is 16.0. The Bertz CT molecular complexity index is 640. The first-order chi connectivity index (χ1) is 13.0. The Morgan fingerprint density at radius 2 is 1.63 bits per heavy atom. The van der Waals surface area contributed by atoms with E-state index >= 15 is 0 Å². The average molecular weight is 376 g/mol. The summed E-state index contributed by atoms with van der Waals surface area (Å²) >= 11 is 0. The highest BCUT2D eigenvalue weighted by atomic mass is 16.5. The summed E-state index contributed by atoms with van der Waals surface area (Å²) in [4.78, 5) is 39.3. The van der Waals surface area contributed by atoms with Crippen molar-refractivity contribution < 1.29 is 19.1 Å². The zero-order valence-electron chi connectivity index (χ0n) is 16.0. The van der Waals surface area contributed by atoms with E-state index in [1.807, 2.05) is 31.2 Å². The number of amides is 4. The molecule has 8 nitrogen and oxygen atoms in total. The lowest BCUT2D eigenvalue weighted by atomic mass is 10.1. The van der Waals surface area contributed by atoms with Crippen molar-refractivity contribution in [3.63, 3.8) is 0 Å². The van der Waals surface area contributed by atoms with Gasteiger partial charge in [0.25, 0.3) is 0 Å². The van der Waals surface area contributed by atoms with E-state index in [0.29, 0.717) is 45.6 Å². The lowest BCUT2D eigenvalue weighted by Gasteiger charge is -2.34. The molecule has 148 valence electrons. The maximum atomic E-state index is 12.4. The maximum absolute atomic E-state index is 12.4. The van der Waals surface area contributed by atoms with Gasteiger partial charge in [-0.2, -0.15) is 0 Å². The molecule has 4 amide bonds. The molecule has 0 spiro atoms. The van der Waals surface area contributed by atoms with Crippen LogP contribution in [0.4, 0.5) is 4.79 Å².